The molecule has 1 aliphatic rings. The fourth-order valence-corrected chi connectivity index (χ4v) is 5.31. The summed E-state index contributed by atoms with van der Waals surface area (Å²) in [7, 11) is -3.82. The van der Waals surface area contributed by atoms with Gasteiger partial charge >= 0.3 is 0 Å². The van der Waals surface area contributed by atoms with E-state index in [4.69, 9.17) is 4.52 Å². The lowest BCUT2D eigenvalue weighted by Gasteiger charge is -2.33. The van der Waals surface area contributed by atoms with Crippen LogP contribution in [0.1, 0.15) is 22.8 Å². The first-order chi connectivity index (χ1) is 15.3. The zero-order valence-corrected chi connectivity index (χ0v) is 18.4. The molecule has 0 aliphatic carbocycles. The van der Waals surface area contributed by atoms with E-state index in [0.29, 0.717) is 43.3 Å². The van der Waals surface area contributed by atoms with E-state index in [1.165, 1.54) is 16.4 Å². The molecule has 0 amide bonds. The van der Waals surface area contributed by atoms with Crippen molar-refractivity contribution in [1.82, 2.24) is 19.3 Å². The van der Waals surface area contributed by atoms with Crippen LogP contribution < -0.4 is 0 Å². The number of aryl methyl sites for hydroxylation is 1. The molecular formula is C21H23N5O5S. The Hall–Kier alpha value is -3.15. The molecule has 2 heterocycles. The van der Waals surface area contributed by atoms with Crippen LogP contribution in [0.2, 0.25) is 0 Å². The number of nitro benzene ring substituents is 1. The highest BCUT2D eigenvalue weighted by atomic mass is 32.2. The van der Waals surface area contributed by atoms with Crippen molar-refractivity contribution in [3.63, 3.8) is 0 Å². The molecule has 1 aliphatic heterocycles. The van der Waals surface area contributed by atoms with Gasteiger partial charge in [0, 0.05) is 44.7 Å². The van der Waals surface area contributed by atoms with Gasteiger partial charge in [0.25, 0.3) is 5.69 Å². The lowest BCUT2D eigenvalue weighted by molar-refractivity contribution is -0.385. The standard InChI is InChI=1S/C21H23N5O5S/c1-16-7-8-18(26(27)28)14-19(16)32(29,30)25-11-9-24(10-12-25)15-21-22-20(23-31-21)13-17-5-3-2-4-6-17/h2-8,14H,9-13,15H2,1H3. The highest BCUT2D eigenvalue weighted by Gasteiger charge is 2.31. The van der Waals surface area contributed by atoms with Crippen molar-refractivity contribution in [2.75, 3.05) is 26.2 Å². The number of piperazine rings is 1. The number of rotatable bonds is 7. The molecule has 0 spiro atoms. The van der Waals surface area contributed by atoms with Crippen molar-refractivity contribution in [2.24, 2.45) is 0 Å². The maximum Gasteiger partial charge on any atom is 0.270 e. The zero-order chi connectivity index (χ0) is 22.7. The first-order valence-electron chi connectivity index (χ1n) is 10.2. The van der Waals surface area contributed by atoms with Gasteiger partial charge in [-0.25, -0.2) is 8.42 Å². The molecule has 0 bridgehead atoms. The largest absolute Gasteiger partial charge is 0.338 e. The Morgan fingerprint density at radius 2 is 1.81 bits per heavy atom. The summed E-state index contributed by atoms with van der Waals surface area (Å²) in [6.45, 7) is 3.60. The van der Waals surface area contributed by atoms with Crippen molar-refractivity contribution in [3.05, 3.63) is 81.5 Å². The van der Waals surface area contributed by atoms with Gasteiger partial charge in [-0.05, 0) is 18.1 Å². The molecule has 168 valence electrons. The van der Waals surface area contributed by atoms with E-state index in [1.54, 1.807) is 6.92 Å². The van der Waals surface area contributed by atoms with Crippen LogP contribution in [0.3, 0.4) is 0 Å². The smallest absolute Gasteiger partial charge is 0.270 e. The zero-order valence-electron chi connectivity index (χ0n) is 17.5. The third-order valence-corrected chi connectivity index (χ3v) is 7.45. The Morgan fingerprint density at radius 1 is 1.09 bits per heavy atom. The number of sulfonamides is 1. The maximum absolute atomic E-state index is 13.1. The maximum atomic E-state index is 13.1. The minimum atomic E-state index is -3.82. The van der Waals surface area contributed by atoms with Crippen LogP contribution in [0.5, 0.6) is 0 Å². The summed E-state index contributed by atoms with van der Waals surface area (Å²) < 4.78 is 32.9. The third-order valence-electron chi connectivity index (χ3n) is 5.41. The Bertz CT molecular complexity index is 1200. The number of hydrogen-bond donors (Lipinski definition) is 0. The summed E-state index contributed by atoms with van der Waals surface area (Å²) in [5.74, 6) is 1.09. The van der Waals surface area contributed by atoms with Gasteiger partial charge in [-0.3, -0.25) is 15.0 Å². The van der Waals surface area contributed by atoms with Crippen LogP contribution in [0.15, 0.2) is 57.9 Å². The summed E-state index contributed by atoms with van der Waals surface area (Å²) in [5, 5.41) is 15.1. The fraction of sp³-hybridized carbons (Fsp3) is 0.333. The number of non-ortho nitro benzene ring substituents is 1. The molecule has 2 aromatic carbocycles. The van der Waals surface area contributed by atoms with E-state index in [-0.39, 0.29) is 23.7 Å². The highest BCUT2D eigenvalue weighted by Crippen LogP contribution is 2.25. The minimum absolute atomic E-state index is 0.0254. The molecule has 32 heavy (non-hydrogen) atoms. The first kappa shape index (κ1) is 22.1. The Kier molecular flexibility index (Phi) is 6.31. The van der Waals surface area contributed by atoms with Crippen LogP contribution in [0.4, 0.5) is 5.69 Å². The molecule has 11 heteroatoms. The molecule has 3 aromatic rings. The Labute approximate surface area is 185 Å². The van der Waals surface area contributed by atoms with Gasteiger partial charge in [-0.1, -0.05) is 41.6 Å². The summed E-state index contributed by atoms with van der Waals surface area (Å²) in [5.41, 5.74) is 1.33. The number of aromatic nitrogens is 2. The molecule has 1 fully saturated rings. The number of nitro groups is 1. The predicted molar refractivity (Wildman–Crippen MR) is 115 cm³/mol. The Balaban J connectivity index is 1.37. The quantitative estimate of drug-likeness (QED) is 0.391. The Morgan fingerprint density at radius 3 is 2.50 bits per heavy atom. The molecule has 0 unspecified atom stereocenters. The van der Waals surface area contributed by atoms with Crippen LogP contribution in [-0.2, 0) is 23.0 Å². The van der Waals surface area contributed by atoms with Gasteiger partial charge < -0.3 is 4.52 Å². The summed E-state index contributed by atoms with van der Waals surface area (Å²) in [4.78, 5) is 16.9. The van der Waals surface area contributed by atoms with Gasteiger partial charge in [0.2, 0.25) is 15.9 Å². The van der Waals surface area contributed by atoms with Gasteiger partial charge in [-0.2, -0.15) is 9.29 Å². The number of benzene rings is 2. The van der Waals surface area contributed by atoms with E-state index >= 15 is 0 Å². The predicted octanol–water partition coefficient (Wildman–Crippen LogP) is 2.38. The second-order valence-electron chi connectivity index (χ2n) is 7.65. The van der Waals surface area contributed by atoms with Crippen LogP contribution in [0.25, 0.3) is 0 Å². The van der Waals surface area contributed by atoms with E-state index in [1.807, 2.05) is 35.2 Å². The summed E-state index contributed by atoms with van der Waals surface area (Å²) >= 11 is 0. The first-order valence-corrected chi connectivity index (χ1v) is 11.6. The molecule has 0 N–H and O–H groups in total. The van der Waals surface area contributed by atoms with Gasteiger partial charge in [-0.15, -0.1) is 0 Å². The van der Waals surface area contributed by atoms with Gasteiger partial charge in [0.15, 0.2) is 5.82 Å². The van der Waals surface area contributed by atoms with Crippen LogP contribution in [-0.4, -0.2) is 58.9 Å². The van der Waals surface area contributed by atoms with Crippen molar-refractivity contribution in [3.8, 4) is 0 Å². The van der Waals surface area contributed by atoms with Crippen LogP contribution >= 0.6 is 0 Å². The molecule has 1 aromatic heterocycles. The topological polar surface area (TPSA) is 123 Å². The monoisotopic (exact) mass is 457 g/mol. The van der Waals surface area contributed by atoms with Gasteiger partial charge in [0.05, 0.1) is 16.4 Å². The van der Waals surface area contributed by atoms with Crippen molar-refractivity contribution < 1.29 is 17.9 Å². The normalized spacial score (nSPS) is 15.7. The van der Waals surface area contributed by atoms with Crippen molar-refractivity contribution >= 4 is 15.7 Å². The average Bonchev–Trinajstić information content (AvgIpc) is 3.21. The molecule has 4 rings (SSSR count). The van der Waals surface area contributed by atoms with Crippen molar-refractivity contribution in [1.29, 1.82) is 0 Å². The lowest BCUT2D eigenvalue weighted by atomic mass is 10.1. The SMILES string of the molecule is Cc1ccc([N+](=O)[O-])cc1S(=O)(=O)N1CCN(Cc2nc(Cc3ccccc3)no2)CC1. The number of hydrogen-bond acceptors (Lipinski definition) is 8. The number of nitrogens with zero attached hydrogens (tertiary/aromatic N) is 5. The molecule has 0 saturated carbocycles. The summed E-state index contributed by atoms with van der Waals surface area (Å²) in [6.07, 6.45) is 0.582. The summed E-state index contributed by atoms with van der Waals surface area (Å²) in [6, 6.07) is 13.8. The molecule has 0 radical (unpaired) electrons. The lowest BCUT2D eigenvalue weighted by Crippen LogP contribution is -2.48. The van der Waals surface area contributed by atoms with E-state index in [0.717, 1.165) is 11.6 Å². The molecule has 0 atom stereocenters. The highest BCUT2D eigenvalue weighted by molar-refractivity contribution is 7.89. The molecule has 10 nitrogen and oxygen atoms in total. The van der Waals surface area contributed by atoms with Crippen molar-refractivity contribution in [2.45, 2.75) is 24.8 Å². The van der Waals surface area contributed by atoms with Crippen LogP contribution in [0, 0.1) is 17.0 Å². The second kappa shape index (κ2) is 9.15. The minimum Gasteiger partial charge on any atom is -0.338 e. The fourth-order valence-electron chi connectivity index (χ4n) is 3.64. The molecular weight excluding hydrogens is 434 g/mol. The van der Waals surface area contributed by atoms with Gasteiger partial charge in [0.1, 0.15) is 0 Å². The van der Waals surface area contributed by atoms with E-state index in [9.17, 15) is 18.5 Å². The second-order valence-corrected chi connectivity index (χ2v) is 9.56. The average molecular weight is 458 g/mol. The molecule has 1 saturated heterocycles. The van der Waals surface area contributed by atoms with E-state index < -0.39 is 14.9 Å². The third kappa shape index (κ3) is 4.85. The van der Waals surface area contributed by atoms with E-state index in [2.05, 4.69) is 10.1 Å².